The van der Waals surface area contributed by atoms with Gasteiger partial charge in [0.05, 0.1) is 17.7 Å². The van der Waals surface area contributed by atoms with Gasteiger partial charge in [0.25, 0.3) is 0 Å². The molecule has 11 heteroatoms. The molecule has 43 heavy (non-hydrogen) atoms. The second kappa shape index (κ2) is 13.0. The summed E-state index contributed by atoms with van der Waals surface area (Å²) in [7, 11) is 0. The number of carbonyl (C=O) groups is 2. The van der Waals surface area contributed by atoms with E-state index < -0.39 is 23.2 Å². The van der Waals surface area contributed by atoms with Crippen LogP contribution in [0.2, 0.25) is 0 Å². The zero-order valence-electron chi connectivity index (χ0n) is 24.9. The number of hydrogen-bond donors (Lipinski definition) is 2. The minimum atomic E-state index is -4.61. The van der Waals surface area contributed by atoms with Gasteiger partial charge < -0.3 is 20.7 Å². The van der Waals surface area contributed by atoms with Crippen molar-refractivity contribution in [2.24, 2.45) is 5.73 Å². The van der Waals surface area contributed by atoms with E-state index in [-0.39, 0.29) is 42.9 Å². The largest absolute Gasteiger partial charge is 0.444 e. The van der Waals surface area contributed by atoms with Gasteiger partial charge in [0.1, 0.15) is 5.60 Å². The summed E-state index contributed by atoms with van der Waals surface area (Å²) in [5, 5.41) is 3.05. The van der Waals surface area contributed by atoms with E-state index in [9.17, 15) is 22.8 Å². The van der Waals surface area contributed by atoms with Crippen molar-refractivity contribution >= 4 is 23.6 Å². The molecule has 0 aliphatic carbocycles. The van der Waals surface area contributed by atoms with Gasteiger partial charge in [0, 0.05) is 25.0 Å². The fraction of sp³-hybridized carbons (Fsp3) is 0.438. The second-order valence-corrected chi connectivity index (χ2v) is 11.9. The summed E-state index contributed by atoms with van der Waals surface area (Å²) in [6, 6.07) is 12.8. The Bertz CT molecular complexity index is 1460. The lowest BCUT2D eigenvalue weighted by Crippen LogP contribution is -2.41. The van der Waals surface area contributed by atoms with Crippen LogP contribution in [0, 0.1) is 6.92 Å². The molecule has 2 heterocycles. The maximum Gasteiger partial charge on any atom is 0.419 e. The number of halogens is 3. The monoisotopic (exact) mass is 597 g/mol. The van der Waals surface area contributed by atoms with Gasteiger partial charge in [-0.15, -0.1) is 0 Å². The van der Waals surface area contributed by atoms with Crippen LogP contribution in [0.25, 0.3) is 0 Å². The quantitative estimate of drug-likeness (QED) is 0.308. The summed E-state index contributed by atoms with van der Waals surface area (Å²) in [6.45, 7) is 8.75. The number of aromatic nitrogens is 2. The number of primary amides is 1. The molecule has 4 rings (SSSR count). The molecule has 8 nitrogen and oxygen atoms in total. The molecule has 3 N–H and O–H groups in total. The number of benzene rings is 2. The molecule has 1 fully saturated rings. The van der Waals surface area contributed by atoms with E-state index in [1.165, 1.54) is 0 Å². The summed E-state index contributed by atoms with van der Waals surface area (Å²) < 4.78 is 46.9. The molecule has 1 saturated heterocycles. The SMILES string of the molecule is Cc1cc(Nc2ncc(C(F)(F)F)c(CCc3ccccc3CC(N)=O)n2)ccc1C1CCN(C(=O)OC(C)(C)C)CC1. The molecule has 1 aromatic heterocycles. The Morgan fingerprint density at radius 3 is 2.33 bits per heavy atom. The number of piperidine rings is 1. The zero-order valence-corrected chi connectivity index (χ0v) is 24.9. The predicted molar refractivity (Wildman–Crippen MR) is 158 cm³/mol. The number of alkyl halides is 3. The fourth-order valence-corrected chi connectivity index (χ4v) is 5.36. The number of ether oxygens (including phenoxy) is 1. The minimum Gasteiger partial charge on any atom is -0.444 e. The Hall–Kier alpha value is -4.15. The lowest BCUT2D eigenvalue weighted by molar-refractivity contribution is -0.138. The Kier molecular flexibility index (Phi) is 9.62. The van der Waals surface area contributed by atoms with Crippen LogP contribution < -0.4 is 11.1 Å². The molecule has 3 aromatic rings. The van der Waals surface area contributed by atoms with Gasteiger partial charge in [-0.05, 0) is 93.7 Å². The van der Waals surface area contributed by atoms with Crippen molar-refractivity contribution < 1.29 is 27.5 Å². The third-order valence-electron chi connectivity index (χ3n) is 7.40. The minimum absolute atomic E-state index is 0.00176. The molecule has 0 spiro atoms. The number of anilines is 2. The smallest absolute Gasteiger partial charge is 0.419 e. The van der Waals surface area contributed by atoms with E-state index in [2.05, 4.69) is 15.3 Å². The van der Waals surface area contributed by atoms with Crippen molar-refractivity contribution in [1.82, 2.24) is 14.9 Å². The Morgan fingerprint density at radius 1 is 1.05 bits per heavy atom. The Balaban J connectivity index is 1.46. The average molecular weight is 598 g/mol. The molecule has 230 valence electrons. The van der Waals surface area contributed by atoms with Gasteiger partial charge in [0.2, 0.25) is 11.9 Å². The topological polar surface area (TPSA) is 110 Å². The first-order valence-corrected chi connectivity index (χ1v) is 14.3. The standard InChI is InChI=1S/C32H38F3N5O3/c1-20-17-24(10-11-25(20)22-13-15-40(16-14-22)30(42)43-31(2,3)4)38-29-37-19-26(32(33,34)35)27(39-29)12-9-21-7-5-6-8-23(21)18-28(36)41/h5-8,10-11,17,19,22H,9,12-16,18H2,1-4H3,(H2,36,41)(H,37,38,39). The highest BCUT2D eigenvalue weighted by Crippen LogP contribution is 2.34. The van der Waals surface area contributed by atoms with E-state index in [0.29, 0.717) is 24.3 Å². The van der Waals surface area contributed by atoms with Crippen molar-refractivity contribution in [2.45, 2.75) is 77.5 Å². The predicted octanol–water partition coefficient (Wildman–Crippen LogP) is 6.47. The molecule has 0 bridgehead atoms. The molecular formula is C32H38F3N5O3. The summed E-state index contributed by atoms with van der Waals surface area (Å²) >= 11 is 0. The highest BCUT2D eigenvalue weighted by atomic mass is 19.4. The van der Waals surface area contributed by atoms with Crippen LogP contribution in [-0.4, -0.2) is 45.6 Å². The molecule has 0 atom stereocenters. The maximum absolute atomic E-state index is 13.8. The summed E-state index contributed by atoms with van der Waals surface area (Å²) in [6.07, 6.45) is -2.23. The number of rotatable bonds is 8. The third kappa shape index (κ3) is 8.68. The molecule has 0 radical (unpaired) electrons. The number of nitrogens with zero attached hydrogens (tertiary/aromatic N) is 3. The average Bonchev–Trinajstić information content (AvgIpc) is 2.91. The molecule has 1 aliphatic heterocycles. The second-order valence-electron chi connectivity index (χ2n) is 11.9. The van der Waals surface area contributed by atoms with E-state index in [0.717, 1.165) is 35.7 Å². The van der Waals surface area contributed by atoms with Crippen molar-refractivity contribution in [3.8, 4) is 0 Å². The number of amides is 2. The van der Waals surface area contributed by atoms with Crippen LogP contribution in [0.3, 0.4) is 0 Å². The first kappa shape index (κ1) is 31.8. The van der Waals surface area contributed by atoms with Crippen molar-refractivity contribution in [3.05, 3.63) is 82.2 Å². The normalized spacial score (nSPS) is 14.4. The number of nitrogens with two attached hydrogens (primary N) is 1. The number of nitrogens with one attached hydrogen (secondary N) is 1. The molecular weight excluding hydrogens is 559 g/mol. The molecule has 2 aromatic carbocycles. The number of carbonyl (C=O) groups excluding carboxylic acids is 2. The van der Waals surface area contributed by atoms with Gasteiger partial charge in [-0.1, -0.05) is 30.3 Å². The van der Waals surface area contributed by atoms with Crippen LogP contribution in [0.1, 0.15) is 73.0 Å². The van der Waals surface area contributed by atoms with Gasteiger partial charge in [-0.3, -0.25) is 4.79 Å². The fourth-order valence-electron chi connectivity index (χ4n) is 5.36. The highest BCUT2D eigenvalue weighted by Gasteiger charge is 2.35. The van der Waals surface area contributed by atoms with Crippen molar-refractivity contribution in [1.29, 1.82) is 0 Å². The lowest BCUT2D eigenvalue weighted by atomic mass is 9.87. The lowest BCUT2D eigenvalue weighted by Gasteiger charge is -2.34. The van der Waals surface area contributed by atoms with Crippen molar-refractivity contribution in [2.75, 3.05) is 18.4 Å². The van der Waals surface area contributed by atoms with Crippen LogP contribution >= 0.6 is 0 Å². The van der Waals surface area contributed by atoms with Crippen LogP contribution in [0.4, 0.5) is 29.6 Å². The van der Waals surface area contributed by atoms with Crippen LogP contribution in [0.15, 0.2) is 48.7 Å². The van der Waals surface area contributed by atoms with Gasteiger partial charge >= 0.3 is 12.3 Å². The first-order valence-electron chi connectivity index (χ1n) is 14.3. The number of hydrogen-bond acceptors (Lipinski definition) is 6. The molecule has 0 unspecified atom stereocenters. The Morgan fingerprint density at radius 2 is 1.72 bits per heavy atom. The van der Waals surface area contributed by atoms with E-state index >= 15 is 0 Å². The summed E-state index contributed by atoms with van der Waals surface area (Å²) in [5.41, 5.74) is 8.04. The summed E-state index contributed by atoms with van der Waals surface area (Å²) in [5.74, 6) is -0.171. The van der Waals surface area contributed by atoms with E-state index in [1.54, 1.807) is 29.2 Å². The van der Waals surface area contributed by atoms with Crippen LogP contribution in [0.5, 0.6) is 0 Å². The van der Waals surface area contributed by atoms with E-state index in [4.69, 9.17) is 10.5 Å². The Labute approximate surface area is 249 Å². The van der Waals surface area contributed by atoms with Crippen molar-refractivity contribution in [3.63, 3.8) is 0 Å². The molecule has 2 amide bonds. The highest BCUT2D eigenvalue weighted by molar-refractivity contribution is 5.77. The zero-order chi connectivity index (χ0) is 31.4. The molecule has 1 aliphatic rings. The van der Waals surface area contributed by atoms with Crippen LogP contribution in [-0.2, 0) is 35.0 Å². The number of aryl methyl sites for hydroxylation is 3. The number of likely N-dealkylation sites (tertiary alicyclic amines) is 1. The van der Waals surface area contributed by atoms with Gasteiger partial charge in [-0.2, -0.15) is 13.2 Å². The van der Waals surface area contributed by atoms with Gasteiger partial charge in [-0.25, -0.2) is 14.8 Å². The first-order chi connectivity index (χ1) is 20.2. The molecule has 0 saturated carbocycles. The third-order valence-corrected chi connectivity index (χ3v) is 7.40. The van der Waals surface area contributed by atoms with Gasteiger partial charge in [0.15, 0.2) is 0 Å². The summed E-state index contributed by atoms with van der Waals surface area (Å²) in [4.78, 5) is 33.8. The maximum atomic E-state index is 13.8. The van der Waals surface area contributed by atoms with E-state index in [1.807, 2.05) is 45.9 Å².